The molecule has 0 bridgehead atoms. The molecule has 0 fully saturated rings. The first-order valence-corrected chi connectivity index (χ1v) is 10.2. The van der Waals surface area contributed by atoms with Gasteiger partial charge in [0.2, 0.25) is 5.91 Å². The van der Waals surface area contributed by atoms with Crippen LogP contribution in [0.25, 0.3) is 0 Å². The number of carbonyl (C=O) groups excluding carboxylic acids is 1. The Kier molecular flexibility index (Phi) is 7.49. The molecular weight excluding hydrogens is 378 g/mol. The monoisotopic (exact) mass is 407 g/mol. The highest BCUT2D eigenvalue weighted by molar-refractivity contribution is 5.90. The highest BCUT2D eigenvalue weighted by Crippen LogP contribution is 2.18. The van der Waals surface area contributed by atoms with Crippen LogP contribution in [-0.2, 0) is 11.3 Å². The number of ether oxygens (including phenoxy) is 2. The van der Waals surface area contributed by atoms with E-state index in [2.05, 4.69) is 34.8 Å². The van der Waals surface area contributed by atoms with Gasteiger partial charge < -0.3 is 19.4 Å². The van der Waals surface area contributed by atoms with Crippen LogP contribution in [0.4, 0.5) is 5.69 Å². The second-order valence-corrected chi connectivity index (χ2v) is 7.44. The first-order chi connectivity index (χ1) is 14.5. The summed E-state index contributed by atoms with van der Waals surface area (Å²) in [5, 5.41) is 2.98. The lowest BCUT2D eigenvalue weighted by molar-refractivity contribution is -0.116. The summed E-state index contributed by atoms with van der Waals surface area (Å²) >= 11 is 0. The lowest BCUT2D eigenvalue weighted by atomic mass is 10.1. The summed E-state index contributed by atoms with van der Waals surface area (Å²) in [5.41, 5.74) is 1.93. The summed E-state index contributed by atoms with van der Waals surface area (Å²) < 4.78 is 12.9. The zero-order valence-corrected chi connectivity index (χ0v) is 17.8. The van der Waals surface area contributed by atoms with Gasteiger partial charge in [0.05, 0.1) is 13.7 Å². The minimum absolute atomic E-state index is 0.0176. The number of anilines is 1. The van der Waals surface area contributed by atoms with Crippen LogP contribution in [0.5, 0.6) is 11.5 Å². The van der Waals surface area contributed by atoms with Crippen LogP contribution in [0.2, 0.25) is 0 Å². The molecule has 1 aromatic heterocycles. The summed E-state index contributed by atoms with van der Waals surface area (Å²) in [4.78, 5) is 16.7. The third kappa shape index (κ3) is 6.11. The third-order valence-electron chi connectivity index (χ3n) is 4.70. The summed E-state index contributed by atoms with van der Waals surface area (Å²) in [5.74, 6) is 2.96. The van der Waals surface area contributed by atoms with Crippen LogP contribution < -0.4 is 14.8 Å². The van der Waals surface area contributed by atoms with Gasteiger partial charge in [0.1, 0.15) is 17.3 Å². The summed E-state index contributed by atoms with van der Waals surface area (Å²) in [7, 11) is 1.63. The molecule has 0 atom stereocenters. The molecule has 1 N–H and O–H groups in total. The Hall–Kier alpha value is -3.28. The molecule has 0 saturated carbocycles. The molecule has 0 aliphatic heterocycles. The normalized spacial score (nSPS) is 10.8. The highest BCUT2D eigenvalue weighted by Gasteiger charge is 2.08. The van der Waals surface area contributed by atoms with Gasteiger partial charge in [-0.05, 0) is 48.4 Å². The van der Waals surface area contributed by atoms with Gasteiger partial charge in [-0.2, -0.15) is 0 Å². The maximum Gasteiger partial charge on any atom is 0.224 e. The first kappa shape index (κ1) is 21.4. The molecule has 1 heterocycles. The topological polar surface area (TPSA) is 65.4 Å². The molecule has 6 nitrogen and oxygen atoms in total. The molecule has 3 aromatic rings. The fraction of sp³-hybridized carbons (Fsp3) is 0.333. The summed E-state index contributed by atoms with van der Waals surface area (Å²) in [6, 6.07) is 15.4. The Morgan fingerprint density at radius 1 is 1.13 bits per heavy atom. The van der Waals surface area contributed by atoms with Crippen molar-refractivity contribution in [3.05, 3.63) is 72.3 Å². The predicted octanol–water partition coefficient (Wildman–Crippen LogP) is 4.86. The minimum Gasteiger partial charge on any atom is -0.497 e. The minimum atomic E-state index is -0.0176. The quantitative estimate of drug-likeness (QED) is 0.488. The first-order valence-electron chi connectivity index (χ1n) is 10.2. The van der Waals surface area contributed by atoms with Crippen LogP contribution in [0, 0.1) is 0 Å². The predicted molar refractivity (Wildman–Crippen MR) is 118 cm³/mol. The maximum atomic E-state index is 12.3. The number of imidazole rings is 1. The Bertz CT molecular complexity index is 948. The fourth-order valence-corrected chi connectivity index (χ4v) is 3.22. The second-order valence-electron chi connectivity index (χ2n) is 7.44. The number of nitrogens with one attached hydrogen (secondary N) is 1. The van der Waals surface area contributed by atoms with E-state index >= 15 is 0 Å². The van der Waals surface area contributed by atoms with E-state index < -0.39 is 0 Å². The number of carbonyl (C=O) groups is 1. The average Bonchev–Trinajstić information content (AvgIpc) is 3.20. The molecular formula is C24H29N3O3. The summed E-state index contributed by atoms with van der Waals surface area (Å²) in [6.45, 7) is 5.48. The van der Waals surface area contributed by atoms with E-state index in [1.54, 1.807) is 7.11 Å². The van der Waals surface area contributed by atoms with Gasteiger partial charge in [-0.25, -0.2) is 4.98 Å². The van der Waals surface area contributed by atoms with E-state index in [1.807, 2.05) is 54.9 Å². The average molecular weight is 408 g/mol. The molecule has 30 heavy (non-hydrogen) atoms. The number of nitrogens with zero attached hydrogens (tertiary/aromatic N) is 2. The van der Waals surface area contributed by atoms with Gasteiger partial charge in [-0.15, -0.1) is 0 Å². The van der Waals surface area contributed by atoms with E-state index in [9.17, 15) is 4.79 Å². The van der Waals surface area contributed by atoms with Gasteiger partial charge in [0, 0.05) is 37.0 Å². The molecule has 158 valence electrons. The molecule has 0 saturated heterocycles. The SMILES string of the molecule is COc1ccc(OCCCC(=O)Nc2cccc(Cn3ccnc3C(C)C)c2)cc1. The number of amides is 1. The largest absolute Gasteiger partial charge is 0.497 e. The van der Waals surface area contributed by atoms with Crippen LogP contribution >= 0.6 is 0 Å². The zero-order valence-electron chi connectivity index (χ0n) is 17.8. The van der Waals surface area contributed by atoms with Crippen molar-refractivity contribution in [2.75, 3.05) is 19.0 Å². The van der Waals surface area contributed by atoms with Crippen molar-refractivity contribution in [1.82, 2.24) is 9.55 Å². The van der Waals surface area contributed by atoms with Crippen LogP contribution in [-0.4, -0.2) is 29.2 Å². The lowest BCUT2D eigenvalue weighted by Crippen LogP contribution is -2.13. The fourth-order valence-electron chi connectivity index (χ4n) is 3.22. The molecule has 0 spiro atoms. The van der Waals surface area contributed by atoms with Crippen LogP contribution in [0.1, 0.15) is 44.0 Å². The van der Waals surface area contributed by atoms with Crippen LogP contribution in [0.3, 0.4) is 0 Å². The number of methoxy groups -OCH3 is 1. The number of hydrogen-bond acceptors (Lipinski definition) is 4. The molecule has 6 heteroatoms. The number of hydrogen-bond donors (Lipinski definition) is 1. The molecule has 2 aromatic carbocycles. The molecule has 0 aliphatic rings. The Balaban J connectivity index is 1.45. The van der Waals surface area contributed by atoms with Crippen molar-refractivity contribution >= 4 is 11.6 Å². The van der Waals surface area contributed by atoms with E-state index in [0.29, 0.717) is 25.4 Å². The molecule has 3 rings (SSSR count). The number of benzene rings is 2. The lowest BCUT2D eigenvalue weighted by Gasteiger charge is -2.12. The van der Waals surface area contributed by atoms with E-state index in [-0.39, 0.29) is 5.91 Å². The van der Waals surface area contributed by atoms with Crippen molar-refractivity contribution in [1.29, 1.82) is 0 Å². The zero-order chi connectivity index (χ0) is 21.3. The van der Waals surface area contributed by atoms with Crippen molar-refractivity contribution in [2.24, 2.45) is 0 Å². The number of aromatic nitrogens is 2. The molecule has 0 unspecified atom stereocenters. The second kappa shape index (κ2) is 10.5. The number of rotatable bonds is 10. The van der Waals surface area contributed by atoms with Gasteiger partial charge in [-0.1, -0.05) is 26.0 Å². The van der Waals surface area contributed by atoms with Gasteiger partial charge in [0.15, 0.2) is 0 Å². The Labute approximate surface area is 177 Å². The van der Waals surface area contributed by atoms with Crippen molar-refractivity contribution in [2.45, 2.75) is 39.2 Å². The molecule has 0 radical (unpaired) electrons. The standard InChI is InChI=1S/C24H29N3O3/c1-18(2)24-25-13-14-27(24)17-19-6-4-7-20(16-19)26-23(28)8-5-15-30-22-11-9-21(29-3)10-12-22/h4,6-7,9-14,16,18H,5,8,15,17H2,1-3H3,(H,26,28). The Morgan fingerprint density at radius 2 is 1.90 bits per heavy atom. The van der Waals surface area contributed by atoms with Crippen LogP contribution in [0.15, 0.2) is 60.9 Å². The summed E-state index contributed by atoms with van der Waals surface area (Å²) in [6.07, 6.45) is 4.86. The highest BCUT2D eigenvalue weighted by atomic mass is 16.5. The van der Waals surface area contributed by atoms with Gasteiger partial charge in [0.25, 0.3) is 0 Å². The Morgan fingerprint density at radius 3 is 2.63 bits per heavy atom. The van der Waals surface area contributed by atoms with E-state index in [4.69, 9.17) is 9.47 Å². The maximum absolute atomic E-state index is 12.3. The third-order valence-corrected chi connectivity index (χ3v) is 4.70. The van der Waals surface area contributed by atoms with Crippen molar-refractivity contribution in [3.63, 3.8) is 0 Å². The smallest absolute Gasteiger partial charge is 0.224 e. The van der Waals surface area contributed by atoms with E-state index in [1.165, 1.54) is 0 Å². The molecule has 0 aliphatic carbocycles. The molecule has 1 amide bonds. The van der Waals surface area contributed by atoms with Crippen molar-refractivity contribution in [3.8, 4) is 11.5 Å². The van der Waals surface area contributed by atoms with Gasteiger partial charge in [-0.3, -0.25) is 4.79 Å². The van der Waals surface area contributed by atoms with E-state index in [0.717, 1.165) is 35.1 Å². The van der Waals surface area contributed by atoms with Gasteiger partial charge >= 0.3 is 0 Å². The van der Waals surface area contributed by atoms with Crippen molar-refractivity contribution < 1.29 is 14.3 Å².